The summed E-state index contributed by atoms with van der Waals surface area (Å²) in [5.41, 5.74) is 3.50. The summed E-state index contributed by atoms with van der Waals surface area (Å²) in [6.45, 7) is 0. The zero-order chi connectivity index (χ0) is 20.1. The number of aromatic nitrogens is 1. The summed E-state index contributed by atoms with van der Waals surface area (Å²) in [4.78, 5) is 35.2. The molecular formula is C23H23N3O3. The number of fused-ring (bicyclic) bond motifs is 1. The van der Waals surface area contributed by atoms with E-state index in [1.807, 2.05) is 36.4 Å². The normalized spacial score (nSPS) is 14.5. The van der Waals surface area contributed by atoms with Crippen LogP contribution in [0.1, 0.15) is 53.0 Å². The Morgan fingerprint density at radius 2 is 1.69 bits per heavy atom. The van der Waals surface area contributed by atoms with E-state index in [9.17, 15) is 9.59 Å². The molecule has 1 heterocycles. The van der Waals surface area contributed by atoms with E-state index in [0.29, 0.717) is 11.3 Å². The van der Waals surface area contributed by atoms with Gasteiger partial charge in [-0.25, -0.2) is 10.5 Å². The summed E-state index contributed by atoms with van der Waals surface area (Å²) in [6, 6.07) is 16.6. The van der Waals surface area contributed by atoms with Crippen molar-refractivity contribution < 1.29 is 14.4 Å². The lowest BCUT2D eigenvalue weighted by molar-refractivity contribution is -0.0314. The number of benzene rings is 2. The SMILES string of the molecule is O=C(NOC1CCCCC1)c1ncccc1NC(=O)c1cccc2ccccc12. The minimum atomic E-state index is -0.468. The number of carbonyl (C=O) groups is 2. The first-order valence-electron chi connectivity index (χ1n) is 9.92. The lowest BCUT2D eigenvalue weighted by atomic mass is 9.98. The van der Waals surface area contributed by atoms with Gasteiger partial charge in [0.2, 0.25) is 0 Å². The Labute approximate surface area is 169 Å². The van der Waals surface area contributed by atoms with E-state index in [1.165, 1.54) is 12.6 Å². The standard InChI is InChI=1S/C23H23N3O3/c27-22(19-13-6-9-16-8-4-5-12-18(16)19)25-20-14-7-15-24-21(20)23(28)26-29-17-10-2-1-3-11-17/h4-9,12-15,17H,1-3,10-11H2,(H,25,27)(H,26,28). The summed E-state index contributed by atoms with van der Waals surface area (Å²) >= 11 is 0. The molecule has 0 spiro atoms. The Balaban J connectivity index is 1.50. The molecule has 1 fully saturated rings. The Morgan fingerprint density at radius 3 is 2.55 bits per heavy atom. The van der Waals surface area contributed by atoms with Crippen LogP contribution in [-0.4, -0.2) is 22.9 Å². The maximum atomic E-state index is 12.9. The first-order chi connectivity index (χ1) is 14.2. The molecule has 0 aliphatic heterocycles. The number of rotatable bonds is 5. The Morgan fingerprint density at radius 1 is 0.897 bits per heavy atom. The van der Waals surface area contributed by atoms with Gasteiger partial charge in [-0.05, 0) is 41.8 Å². The Hall–Kier alpha value is -3.25. The quantitative estimate of drug-likeness (QED) is 0.631. The lowest BCUT2D eigenvalue weighted by Crippen LogP contribution is -2.32. The minimum Gasteiger partial charge on any atom is -0.320 e. The smallest absolute Gasteiger partial charge is 0.295 e. The predicted molar refractivity (Wildman–Crippen MR) is 112 cm³/mol. The monoisotopic (exact) mass is 389 g/mol. The van der Waals surface area contributed by atoms with Crippen LogP contribution >= 0.6 is 0 Å². The van der Waals surface area contributed by atoms with E-state index in [-0.39, 0.29) is 17.7 Å². The molecule has 2 amide bonds. The third-order valence-electron chi connectivity index (χ3n) is 5.18. The van der Waals surface area contributed by atoms with Crippen molar-refractivity contribution in [3.8, 4) is 0 Å². The highest BCUT2D eigenvalue weighted by molar-refractivity contribution is 6.14. The Bertz CT molecular complexity index is 1020. The molecule has 6 nitrogen and oxygen atoms in total. The minimum absolute atomic E-state index is 0.0325. The number of hydrogen-bond acceptors (Lipinski definition) is 4. The van der Waals surface area contributed by atoms with Crippen LogP contribution in [0.15, 0.2) is 60.8 Å². The summed E-state index contributed by atoms with van der Waals surface area (Å²) < 4.78 is 0. The van der Waals surface area contributed by atoms with Gasteiger partial charge >= 0.3 is 0 Å². The Kier molecular flexibility index (Phi) is 5.81. The number of carbonyl (C=O) groups excluding carboxylic acids is 2. The topological polar surface area (TPSA) is 80.3 Å². The van der Waals surface area contributed by atoms with Gasteiger partial charge in [0.05, 0.1) is 11.8 Å². The van der Waals surface area contributed by atoms with Crippen LogP contribution in [0.5, 0.6) is 0 Å². The maximum Gasteiger partial charge on any atom is 0.295 e. The largest absolute Gasteiger partial charge is 0.320 e. The van der Waals surface area contributed by atoms with Gasteiger partial charge in [0, 0.05) is 11.8 Å². The fourth-order valence-electron chi connectivity index (χ4n) is 3.67. The zero-order valence-electron chi connectivity index (χ0n) is 16.1. The number of nitrogens with zero attached hydrogens (tertiary/aromatic N) is 1. The highest BCUT2D eigenvalue weighted by Gasteiger charge is 2.19. The van der Waals surface area contributed by atoms with Crippen LogP contribution in [-0.2, 0) is 4.84 Å². The van der Waals surface area contributed by atoms with Crippen LogP contribution in [0.3, 0.4) is 0 Å². The molecule has 1 saturated carbocycles. The van der Waals surface area contributed by atoms with Gasteiger partial charge in [-0.15, -0.1) is 0 Å². The van der Waals surface area contributed by atoms with Crippen molar-refractivity contribution in [2.24, 2.45) is 0 Å². The van der Waals surface area contributed by atoms with Crippen molar-refractivity contribution in [2.75, 3.05) is 5.32 Å². The van der Waals surface area contributed by atoms with Crippen molar-refractivity contribution in [2.45, 2.75) is 38.2 Å². The maximum absolute atomic E-state index is 12.9. The second kappa shape index (κ2) is 8.84. The van der Waals surface area contributed by atoms with E-state index in [0.717, 1.165) is 36.5 Å². The molecule has 0 saturated heterocycles. The number of hydrogen-bond donors (Lipinski definition) is 2. The van der Waals surface area contributed by atoms with E-state index in [2.05, 4.69) is 15.8 Å². The predicted octanol–water partition coefficient (Wildman–Crippen LogP) is 4.48. The number of hydroxylamine groups is 1. The molecule has 1 aromatic heterocycles. The average Bonchev–Trinajstić information content (AvgIpc) is 2.78. The van der Waals surface area contributed by atoms with Crippen LogP contribution in [0, 0.1) is 0 Å². The van der Waals surface area contributed by atoms with Gasteiger partial charge < -0.3 is 5.32 Å². The molecule has 0 unspecified atom stereocenters. The van der Waals surface area contributed by atoms with Crippen LogP contribution in [0.25, 0.3) is 10.8 Å². The van der Waals surface area contributed by atoms with E-state index >= 15 is 0 Å². The first kappa shape index (κ1) is 19.1. The number of nitrogens with one attached hydrogen (secondary N) is 2. The zero-order valence-corrected chi connectivity index (χ0v) is 16.1. The third-order valence-corrected chi connectivity index (χ3v) is 5.18. The van der Waals surface area contributed by atoms with Crippen molar-refractivity contribution in [3.05, 3.63) is 72.1 Å². The summed E-state index contributed by atoms with van der Waals surface area (Å²) in [7, 11) is 0. The fourth-order valence-corrected chi connectivity index (χ4v) is 3.67. The summed E-state index contributed by atoms with van der Waals surface area (Å²) in [5.74, 6) is -0.763. The molecule has 1 aliphatic carbocycles. The summed E-state index contributed by atoms with van der Waals surface area (Å²) in [6.07, 6.45) is 6.85. The molecule has 3 aromatic rings. The molecule has 6 heteroatoms. The number of amides is 2. The van der Waals surface area contributed by atoms with E-state index < -0.39 is 5.91 Å². The van der Waals surface area contributed by atoms with Crippen LogP contribution < -0.4 is 10.8 Å². The molecule has 2 N–H and O–H groups in total. The third kappa shape index (κ3) is 4.43. The van der Waals surface area contributed by atoms with Gasteiger partial charge in [0.15, 0.2) is 5.69 Å². The molecule has 0 bridgehead atoms. The van der Waals surface area contributed by atoms with Gasteiger partial charge in [0.1, 0.15) is 0 Å². The molecule has 0 atom stereocenters. The van der Waals surface area contributed by atoms with E-state index in [1.54, 1.807) is 18.2 Å². The molecule has 0 radical (unpaired) electrons. The average molecular weight is 389 g/mol. The van der Waals surface area contributed by atoms with Crippen molar-refractivity contribution in [1.82, 2.24) is 10.5 Å². The molecule has 29 heavy (non-hydrogen) atoms. The van der Waals surface area contributed by atoms with Gasteiger partial charge in [-0.3, -0.25) is 14.4 Å². The van der Waals surface area contributed by atoms with Crippen molar-refractivity contribution >= 4 is 28.3 Å². The summed E-state index contributed by atoms with van der Waals surface area (Å²) in [5, 5.41) is 4.65. The van der Waals surface area contributed by atoms with Gasteiger partial charge in [0.25, 0.3) is 11.8 Å². The van der Waals surface area contributed by atoms with Gasteiger partial charge in [-0.2, -0.15) is 0 Å². The molecule has 2 aromatic carbocycles. The second-order valence-electron chi connectivity index (χ2n) is 7.19. The highest BCUT2D eigenvalue weighted by Crippen LogP contribution is 2.22. The van der Waals surface area contributed by atoms with Crippen molar-refractivity contribution in [1.29, 1.82) is 0 Å². The lowest BCUT2D eigenvalue weighted by Gasteiger charge is -2.21. The number of pyridine rings is 1. The first-order valence-corrected chi connectivity index (χ1v) is 9.92. The molecule has 148 valence electrons. The molecule has 1 aliphatic rings. The van der Waals surface area contributed by atoms with Crippen molar-refractivity contribution in [3.63, 3.8) is 0 Å². The second-order valence-corrected chi connectivity index (χ2v) is 7.19. The number of anilines is 1. The molecular weight excluding hydrogens is 366 g/mol. The molecule has 4 rings (SSSR count). The van der Waals surface area contributed by atoms with Crippen LogP contribution in [0.4, 0.5) is 5.69 Å². The van der Waals surface area contributed by atoms with E-state index in [4.69, 9.17) is 4.84 Å². The van der Waals surface area contributed by atoms with Crippen LogP contribution in [0.2, 0.25) is 0 Å². The fraction of sp³-hybridized carbons (Fsp3) is 0.261. The van der Waals surface area contributed by atoms with Gasteiger partial charge in [-0.1, -0.05) is 55.7 Å². The highest BCUT2D eigenvalue weighted by atomic mass is 16.7.